The minimum absolute atomic E-state index is 0.328. The fourth-order valence-electron chi connectivity index (χ4n) is 1.02. The minimum Gasteiger partial charge on any atom is -0.493 e. The maximum atomic E-state index is 11.2. The Morgan fingerprint density at radius 3 is 2.80 bits per heavy atom. The first kappa shape index (κ1) is 12.3. The molecule has 0 aliphatic rings. The SMILES string of the molecule is COC(=O)c1ccc(OCCBr)cc1Cl. The molecule has 1 rings (SSSR count). The molecule has 0 bridgehead atoms. The van der Waals surface area contributed by atoms with Gasteiger partial charge in [-0.1, -0.05) is 27.5 Å². The van der Waals surface area contributed by atoms with Gasteiger partial charge in [-0.2, -0.15) is 0 Å². The molecule has 1 aromatic rings. The lowest BCUT2D eigenvalue weighted by molar-refractivity contribution is 0.0601. The molecule has 15 heavy (non-hydrogen) atoms. The minimum atomic E-state index is -0.452. The number of carbonyl (C=O) groups is 1. The van der Waals surface area contributed by atoms with Crippen LogP contribution in [0.5, 0.6) is 5.75 Å². The van der Waals surface area contributed by atoms with Crippen molar-refractivity contribution in [2.75, 3.05) is 19.0 Å². The molecule has 1 aromatic carbocycles. The molecule has 0 aliphatic carbocycles. The fraction of sp³-hybridized carbons (Fsp3) is 0.300. The summed E-state index contributed by atoms with van der Waals surface area (Å²) >= 11 is 9.13. The van der Waals surface area contributed by atoms with Crippen molar-refractivity contribution < 1.29 is 14.3 Å². The predicted molar refractivity (Wildman–Crippen MR) is 62.1 cm³/mol. The zero-order valence-electron chi connectivity index (χ0n) is 8.13. The van der Waals surface area contributed by atoms with E-state index in [4.69, 9.17) is 16.3 Å². The summed E-state index contributed by atoms with van der Waals surface area (Å²) in [5.41, 5.74) is 0.338. The lowest BCUT2D eigenvalue weighted by atomic mass is 10.2. The molecule has 0 spiro atoms. The summed E-state index contributed by atoms with van der Waals surface area (Å²) in [5.74, 6) is 0.180. The van der Waals surface area contributed by atoms with Crippen LogP contribution >= 0.6 is 27.5 Å². The van der Waals surface area contributed by atoms with E-state index >= 15 is 0 Å². The van der Waals surface area contributed by atoms with Gasteiger partial charge in [-0.05, 0) is 18.2 Å². The standard InChI is InChI=1S/C10H10BrClO3/c1-14-10(13)8-3-2-7(6-9(8)12)15-5-4-11/h2-3,6H,4-5H2,1H3. The molecule has 0 unspecified atom stereocenters. The van der Waals surface area contributed by atoms with Gasteiger partial charge in [-0.3, -0.25) is 0 Å². The van der Waals surface area contributed by atoms with Crippen molar-refractivity contribution in [3.63, 3.8) is 0 Å². The highest BCUT2D eigenvalue weighted by Crippen LogP contribution is 2.23. The van der Waals surface area contributed by atoms with E-state index in [1.165, 1.54) is 7.11 Å². The van der Waals surface area contributed by atoms with E-state index in [1.54, 1.807) is 18.2 Å². The summed E-state index contributed by atoms with van der Waals surface area (Å²) in [6, 6.07) is 4.86. The van der Waals surface area contributed by atoms with E-state index < -0.39 is 5.97 Å². The first-order chi connectivity index (χ1) is 7.19. The molecule has 0 radical (unpaired) electrons. The first-order valence-electron chi connectivity index (χ1n) is 4.25. The molecule has 0 aliphatic heterocycles. The summed E-state index contributed by atoms with van der Waals surface area (Å²) in [6.45, 7) is 0.550. The van der Waals surface area contributed by atoms with Crippen LogP contribution in [-0.4, -0.2) is 25.0 Å². The highest BCUT2D eigenvalue weighted by Gasteiger charge is 2.10. The third-order valence-corrected chi connectivity index (χ3v) is 2.33. The van der Waals surface area contributed by atoms with Gasteiger partial charge in [0.05, 0.1) is 24.3 Å². The van der Waals surface area contributed by atoms with Crippen molar-refractivity contribution in [2.45, 2.75) is 0 Å². The second-order valence-corrected chi connectivity index (χ2v) is 3.87. The lowest BCUT2D eigenvalue weighted by Crippen LogP contribution is -2.03. The molecular formula is C10H10BrClO3. The van der Waals surface area contributed by atoms with Crippen LogP contribution in [0.15, 0.2) is 18.2 Å². The van der Waals surface area contributed by atoms with E-state index in [9.17, 15) is 4.79 Å². The largest absolute Gasteiger partial charge is 0.493 e. The Hall–Kier alpha value is -0.740. The molecule has 0 N–H and O–H groups in total. The summed E-state index contributed by atoms with van der Waals surface area (Å²) in [4.78, 5) is 11.2. The Morgan fingerprint density at radius 2 is 2.27 bits per heavy atom. The first-order valence-corrected chi connectivity index (χ1v) is 5.75. The topological polar surface area (TPSA) is 35.5 Å². The molecule has 3 nitrogen and oxygen atoms in total. The number of alkyl halides is 1. The average molecular weight is 294 g/mol. The van der Waals surface area contributed by atoms with E-state index in [0.29, 0.717) is 22.9 Å². The highest BCUT2D eigenvalue weighted by molar-refractivity contribution is 9.09. The van der Waals surface area contributed by atoms with Gasteiger partial charge in [0.2, 0.25) is 0 Å². The summed E-state index contributed by atoms with van der Waals surface area (Å²) in [5, 5.41) is 1.07. The molecule has 0 atom stereocenters. The second-order valence-electron chi connectivity index (χ2n) is 2.67. The number of hydrogen-bond acceptors (Lipinski definition) is 3. The molecule has 5 heteroatoms. The predicted octanol–water partition coefficient (Wildman–Crippen LogP) is 2.90. The maximum Gasteiger partial charge on any atom is 0.339 e. The van der Waals surface area contributed by atoms with Gasteiger partial charge in [0.15, 0.2) is 0 Å². The van der Waals surface area contributed by atoms with Crippen LogP contribution in [-0.2, 0) is 4.74 Å². The maximum absolute atomic E-state index is 11.2. The number of halogens is 2. The van der Waals surface area contributed by atoms with E-state index in [1.807, 2.05) is 0 Å². The number of ether oxygens (including phenoxy) is 2. The fourth-order valence-corrected chi connectivity index (χ4v) is 1.43. The number of esters is 1. The van der Waals surface area contributed by atoms with Crippen LogP contribution in [0.1, 0.15) is 10.4 Å². The van der Waals surface area contributed by atoms with E-state index in [2.05, 4.69) is 20.7 Å². The van der Waals surface area contributed by atoms with E-state index in [0.717, 1.165) is 5.33 Å². The molecule has 82 valence electrons. The molecule has 0 saturated carbocycles. The summed E-state index contributed by atoms with van der Waals surface area (Å²) in [7, 11) is 1.31. The quantitative estimate of drug-likeness (QED) is 0.632. The second kappa shape index (κ2) is 5.98. The Balaban J connectivity index is 2.83. The van der Waals surface area contributed by atoms with Crippen LogP contribution in [0.4, 0.5) is 0 Å². The van der Waals surface area contributed by atoms with E-state index in [-0.39, 0.29) is 0 Å². The van der Waals surface area contributed by atoms with Crippen molar-refractivity contribution in [3.8, 4) is 5.75 Å². The molecule has 0 aromatic heterocycles. The van der Waals surface area contributed by atoms with Gasteiger partial charge < -0.3 is 9.47 Å². The van der Waals surface area contributed by atoms with Gasteiger partial charge in [0.25, 0.3) is 0 Å². The third-order valence-electron chi connectivity index (χ3n) is 1.69. The molecule has 0 fully saturated rings. The number of rotatable bonds is 4. The Kier molecular flexibility index (Phi) is 4.91. The molecule has 0 heterocycles. The zero-order valence-corrected chi connectivity index (χ0v) is 10.5. The third kappa shape index (κ3) is 3.39. The molecular weight excluding hydrogens is 283 g/mol. The average Bonchev–Trinajstić information content (AvgIpc) is 2.25. The van der Waals surface area contributed by atoms with Crippen LogP contribution in [0.25, 0.3) is 0 Å². The van der Waals surface area contributed by atoms with Crippen molar-refractivity contribution in [1.29, 1.82) is 0 Å². The number of carbonyl (C=O) groups excluding carboxylic acids is 1. The van der Waals surface area contributed by atoms with Crippen LogP contribution in [0.3, 0.4) is 0 Å². The smallest absolute Gasteiger partial charge is 0.339 e. The summed E-state index contributed by atoms with van der Waals surface area (Å²) < 4.78 is 9.89. The van der Waals surface area contributed by atoms with Crippen molar-refractivity contribution in [1.82, 2.24) is 0 Å². The van der Waals surface area contributed by atoms with Crippen LogP contribution < -0.4 is 4.74 Å². The van der Waals surface area contributed by atoms with Crippen LogP contribution in [0.2, 0.25) is 5.02 Å². The van der Waals surface area contributed by atoms with Crippen molar-refractivity contribution in [3.05, 3.63) is 28.8 Å². The van der Waals surface area contributed by atoms with Gasteiger partial charge in [0, 0.05) is 5.33 Å². The monoisotopic (exact) mass is 292 g/mol. The van der Waals surface area contributed by atoms with Crippen molar-refractivity contribution >= 4 is 33.5 Å². The lowest BCUT2D eigenvalue weighted by Gasteiger charge is -2.06. The Labute approximate surface area is 101 Å². The Bertz CT molecular complexity index is 355. The van der Waals surface area contributed by atoms with Gasteiger partial charge in [-0.25, -0.2) is 4.79 Å². The van der Waals surface area contributed by atoms with Crippen molar-refractivity contribution in [2.24, 2.45) is 0 Å². The molecule has 0 saturated heterocycles. The van der Waals surface area contributed by atoms with Gasteiger partial charge in [0.1, 0.15) is 5.75 Å². The number of methoxy groups -OCH3 is 1. The van der Waals surface area contributed by atoms with Gasteiger partial charge in [-0.15, -0.1) is 0 Å². The normalized spacial score (nSPS) is 9.80. The highest BCUT2D eigenvalue weighted by atomic mass is 79.9. The van der Waals surface area contributed by atoms with Crippen LogP contribution in [0, 0.1) is 0 Å². The Morgan fingerprint density at radius 1 is 1.53 bits per heavy atom. The zero-order chi connectivity index (χ0) is 11.3. The summed E-state index contributed by atoms with van der Waals surface area (Å²) in [6.07, 6.45) is 0. The number of benzene rings is 1. The van der Waals surface area contributed by atoms with Gasteiger partial charge >= 0.3 is 5.97 Å². The molecule has 0 amide bonds. The number of hydrogen-bond donors (Lipinski definition) is 0.